The van der Waals surface area contributed by atoms with Crippen LogP contribution >= 0.6 is 0 Å². The molecule has 1 amide bonds. The molecule has 3 N–H and O–H groups in total. The van der Waals surface area contributed by atoms with Crippen LogP contribution in [0.25, 0.3) is 0 Å². The molecule has 9 nitrogen and oxygen atoms in total. The Bertz CT molecular complexity index is 1080. The van der Waals surface area contributed by atoms with Gasteiger partial charge in [-0.3, -0.25) is 4.79 Å². The van der Waals surface area contributed by atoms with Crippen LogP contribution in [0.5, 0.6) is 5.88 Å². The van der Waals surface area contributed by atoms with Gasteiger partial charge in [-0.1, -0.05) is 0 Å². The van der Waals surface area contributed by atoms with Crippen molar-refractivity contribution in [2.24, 2.45) is 16.6 Å². The zero-order valence-corrected chi connectivity index (χ0v) is 17.2. The second kappa shape index (κ2) is 8.46. The number of rotatable bonds is 5. The topological polar surface area (TPSA) is 121 Å². The number of amides is 1. The van der Waals surface area contributed by atoms with Crippen LogP contribution in [0.3, 0.4) is 0 Å². The predicted octanol–water partition coefficient (Wildman–Crippen LogP) is 2.38. The van der Waals surface area contributed by atoms with Crippen LogP contribution in [-0.4, -0.2) is 54.0 Å². The highest BCUT2D eigenvalue weighted by Gasteiger charge is 2.50. The number of halogens is 4. The Morgan fingerprint density at radius 1 is 1.30 bits per heavy atom. The lowest BCUT2D eigenvalue weighted by Crippen LogP contribution is -2.47. The van der Waals surface area contributed by atoms with E-state index in [1.165, 1.54) is 18.2 Å². The lowest BCUT2D eigenvalue weighted by Gasteiger charge is -2.38. The Kier molecular flexibility index (Phi) is 5.82. The molecule has 13 heteroatoms. The maximum atomic E-state index is 14.8. The average Bonchev–Trinajstić information content (AvgIpc) is 3.22. The molecule has 2 aliphatic rings. The molecule has 1 aromatic heterocycles. The minimum atomic E-state index is -4.53. The molecule has 176 valence electrons. The molecule has 0 spiro atoms. The number of hydrogen-bond donors (Lipinski definition) is 2. The van der Waals surface area contributed by atoms with Crippen molar-refractivity contribution < 1.29 is 36.6 Å². The molecule has 3 atom stereocenters. The summed E-state index contributed by atoms with van der Waals surface area (Å²) in [6.07, 6.45) is -3.04. The van der Waals surface area contributed by atoms with E-state index in [0.29, 0.717) is 13.2 Å². The van der Waals surface area contributed by atoms with E-state index in [0.717, 1.165) is 12.4 Å². The molecule has 2 aliphatic heterocycles. The van der Waals surface area contributed by atoms with Gasteiger partial charge in [0.15, 0.2) is 6.61 Å². The van der Waals surface area contributed by atoms with Crippen LogP contribution in [0, 0.1) is 11.7 Å². The van der Waals surface area contributed by atoms with E-state index < -0.39 is 30.0 Å². The van der Waals surface area contributed by atoms with Gasteiger partial charge in [0.05, 0.1) is 37.1 Å². The van der Waals surface area contributed by atoms with Crippen molar-refractivity contribution in [1.29, 1.82) is 0 Å². The molecule has 1 aromatic carbocycles. The first-order valence-corrected chi connectivity index (χ1v) is 9.78. The molecule has 0 unspecified atom stereocenters. The minimum absolute atomic E-state index is 0.0822. The molecule has 3 heterocycles. The summed E-state index contributed by atoms with van der Waals surface area (Å²) in [6, 6.07) is 3.88. The number of benzene rings is 1. The Labute approximate surface area is 185 Å². The minimum Gasteiger partial charge on any atom is -0.467 e. The lowest BCUT2D eigenvalue weighted by atomic mass is 9.77. The van der Waals surface area contributed by atoms with Crippen LogP contribution in [0.1, 0.15) is 23.0 Å². The van der Waals surface area contributed by atoms with Crippen LogP contribution in [0.15, 0.2) is 35.6 Å². The van der Waals surface area contributed by atoms with Crippen molar-refractivity contribution in [2.45, 2.75) is 24.7 Å². The molecule has 33 heavy (non-hydrogen) atoms. The maximum Gasteiger partial charge on any atom is 0.422 e. The van der Waals surface area contributed by atoms with E-state index in [4.69, 9.17) is 15.2 Å². The van der Waals surface area contributed by atoms with E-state index in [1.54, 1.807) is 6.92 Å². The Morgan fingerprint density at radius 2 is 2.09 bits per heavy atom. The van der Waals surface area contributed by atoms with Gasteiger partial charge < -0.3 is 25.3 Å². The molecule has 0 aliphatic carbocycles. The van der Waals surface area contributed by atoms with Gasteiger partial charge in [-0.25, -0.2) is 19.4 Å². The number of alkyl halides is 3. The number of carbonyl (C=O) groups excluding carboxylic acids is 1. The van der Waals surface area contributed by atoms with Crippen molar-refractivity contribution in [3.8, 4) is 5.88 Å². The summed E-state index contributed by atoms with van der Waals surface area (Å²) in [4.78, 5) is 24.2. The van der Waals surface area contributed by atoms with Crippen LogP contribution in [0.4, 0.5) is 23.2 Å². The SMILES string of the molecule is C[C@]1(c2cc(NC(=O)c3cnc(OCC(F)(F)F)cn3)ccc2F)N=C(N)O[C@@H]2COC[C@@H]21. The molecule has 0 saturated carbocycles. The van der Waals surface area contributed by atoms with Crippen molar-refractivity contribution in [3.05, 3.63) is 47.7 Å². The number of aliphatic imine (C=N–C) groups is 1. The fraction of sp³-hybridized carbons (Fsp3) is 0.400. The summed E-state index contributed by atoms with van der Waals surface area (Å²) in [5.74, 6) is -1.93. The van der Waals surface area contributed by atoms with Gasteiger partial charge in [0, 0.05) is 11.3 Å². The number of ether oxygens (including phenoxy) is 3. The van der Waals surface area contributed by atoms with Gasteiger partial charge in [-0.2, -0.15) is 13.2 Å². The molecule has 0 radical (unpaired) electrons. The number of nitrogens with two attached hydrogens (primary N) is 1. The van der Waals surface area contributed by atoms with Crippen LogP contribution in [0.2, 0.25) is 0 Å². The third-order valence-corrected chi connectivity index (χ3v) is 5.38. The fourth-order valence-electron chi connectivity index (χ4n) is 3.78. The third-order valence-electron chi connectivity index (χ3n) is 5.38. The van der Waals surface area contributed by atoms with Crippen molar-refractivity contribution in [2.75, 3.05) is 25.1 Å². The molecular formula is C20H19F4N5O4. The smallest absolute Gasteiger partial charge is 0.422 e. The highest BCUT2D eigenvalue weighted by Crippen LogP contribution is 2.43. The normalized spacial score (nSPS) is 24.5. The van der Waals surface area contributed by atoms with Crippen LogP contribution < -0.4 is 15.8 Å². The number of nitrogens with zero attached hydrogens (tertiary/aromatic N) is 3. The molecule has 4 rings (SSSR count). The van der Waals surface area contributed by atoms with Crippen LogP contribution in [-0.2, 0) is 15.0 Å². The standard InChI is InChI=1S/C20H19F4N5O4/c1-19(12-7-31-8-15(12)33-18(25)29-19)11-4-10(2-3-13(11)21)28-17(30)14-5-27-16(6-26-14)32-9-20(22,23)24/h2-6,12,15H,7-9H2,1H3,(H2,25,29)(H,28,30)/t12-,15+,19+/m0/s1. The number of nitrogens with one attached hydrogen (secondary N) is 1. The first-order valence-electron chi connectivity index (χ1n) is 9.78. The van der Waals surface area contributed by atoms with Gasteiger partial charge in [-0.15, -0.1) is 0 Å². The summed E-state index contributed by atoms with van der Waals surface area (Å²) in [5, 5.41) is 2.56. The Balaban J connectivity index is 1.52. The Hall–Kier alpha value is -3.48. The summed E-state index contributed by atoms with van der Waals surface area (Å²) >= 11 is 0. The highest BCUT2D eigenvalue weighted by molar-refractivity contribution is 6.02. The lowest BCUT2D eigenvalue weighted by molar-refractivity contribution is -0.154. The largest absolute Gasteiger partial charge is 0.467 e. The third kappa shape index (κ3) is 4.82. The van der Waals surface area contributed by atoms with Gasteiger partial charge in [0.25, 0.3) is 11.9 Å². The second-order valence-electron chi connectivity index (χ2n) is 7.69. The zero-order chi connectivity index (χ0) is 23.8. The number of hydrogen-bond acceptors (Lipinski definition) is 8. The fourth-order valence-corrected chi connectivity index (χ4v) is 3.78. The summed E-state index contributed by atoms with van der Waals surface area (Å²) in [5.41, 5.74) is 4.96. The maximum absolute atomic E-state index is 14.8. The van der Waals surface area contributed by atoms with Gasteiger partial charge >= 0.3 is 6.18 Å². The second-order valence-corrected chi connectivity index (χ2v) is 7.69. The first-order chi connectivity index (χ1) is 15.5. The quantitative estimate of drug-likeness (QED) is 0.645. The number of aromatic nitrogens is 2. The molecule has 0 bridgehead atoms. The average molecular weight is 469 g/mol. The van der Waals surface area contributed by atoms with Gasteiger partial charge in [0.2, 0.25) is 5.88 Å². The molecule has 1 fully saturated rings. The first kappa shape index (κ1) is 22.7. The van der Waals surface area contributed by atoms with Gasteiger partial charge in [0.1, 0.15) is 17.6 Å². The Morgan fingerprint density at radius 3 is 2.79 bits per heavy atom. The number of amidine groups is 1. The van der Waals surface area contributed by atoms with E-state index in [1.807, 2.05) is 0 Å². The highest BCUT2D eigenvalue weighted by atomic mass is 19.4. The molecule has 2 aromatic rings. The predicted molar refractivity (Wildman–Crippen MR) is 106 cm³/mol. The van der Waals surface area contributed by atoms with Gasteiger partial charge in [-0.05, 0) is 25.1 Å². The van der Waals surface area contributed by atoms with E-state index >= 15 is 0 Å². The van der Waals surface area contributed by atoms with Crippen molar-refractivity contribution >= 4 is 17.6 Å². The summed E-state index contributed by atoms with van der Waals surface area (Å²) in [7, 11) is 0. The number of fused-ring (bicyclic) bond motifs is 1. The molecule has 1 saturated heterocycles. The number of carbonyl (C=O) groups is 1. The monoisotopic (exact) mass is 469 g/mol. The summed E-state index contributed by atoms with van der Waals surface area (Å²) in [6.45, 7) is 0.779. The molecular weight excluding hydrogens is 450 g/mol. The summed E-state index contributed by atoms with van der Waals surface area (Å²) < 4.78 is 66.9. The van der Waals surface area contributed by atoms with Crippen molar-refractivity contribution in [3.63, 3.8) is 0 Å². The number of anilines is 1. The van der Waals surface area contributed by atoms with Crippen molar-refractivity contribution in [1.82, 2.24) is 9.97 Å². The van der Waals surface area contributed by atoms with E-state index in [9.17, 15) is 22.4 Å². The van der Waals surface area contributed by atoms with E-state index in [2.05, 4.69) is 25.0 Å². The van der Waals surface area contributed by atoms with E-state index in [-0.39, 0.29) is 40.9 Å². The zero-order valence-electron chi connectivity index (χ0n) is 17.2.